The van der Waals surface area contributed by atoms with Crippen LogP contribution in [0.1, 0.15) is 24.4 Å². The molecule has 1 fully saturated rings. The first-order valence-corrected chi connectivity index (χ1v) is 8.88. The zero-order valence-corrected chi connectivity index (χ0v) is 13.6. The molecule has 0 radical (unpaired) electrons. The van der Waals surface area contributed by atoms with Gasteiger partial charge in [0.25, 0.3) is 0 Å². The predicted molar refractivity (Wildman–Crippen MR) is 85.3 cm³/mol. The normalized spacial score (nSPS) is 19.0. The van der Waals surface area contributed by atoms with Gasteiger partial charge in [0, 0.05) is 6.54 Å². The molecule has 0 spiro atoms. The molecule has 0 N–H and O–H groups in total. The number of ether oxygens (including phenoxy) is 1. The summed E-state index contributed by atoms with van der Waals surface area (Å²) in [6, 6.07) is 12.2. The Labute approximate surface area is 135 Å². The van der Waals surface area contributed by atoms with E-state index in [1.54, 1.807) is 36.4 Å². The molecule has 1 heterocycles. The number of sulfonamides is 1. The van der Waals surface area contributed by atoms with E-state index in [2.05, 4.69) is 0 Å². The van der Waals surface area contributed by atoms with Crippen molar-refractivity contribution in [3.8, 4) is 5.75 Å². The Morgan fingerprint density at radius 3 is 2.35 bits per heavy atom. The largest absolute Gasteiger partial charge is 0.497 e. The summed E-state index contributed by atoms with van der Waals surface area (Å²) in [6.45, 7) is 0.469. The summed E-state index contributed by atoms with van der Waals surface area (Å²) in [6.07, 6.45) is 1.53. The van der Waals surface area contributed by atoms with Gasteiger partial charge < -0.3 is 4.74 Å². The fourth-order valence-electron chi connectivity index (χ4n) is 2.93. The molecule has 122 valence electrons. The lowest BCUT2D eigenvalue weighted by molar-refractivity contribution is 0.396. The van der Waals surface area contributed by atoms with Gasteiger partial charge in [-0.1, -0.05) is 12.1 Å². The van der Waals surface area contributed by atoms with Crippen LogP contribution in [0.5, 0.6) is 5.75 Å². The van der Waals surface area contributed by atoms with Crippen LogP contribution in [0.2, 0.25) is 0 Å². The highest BCUT2D eigenvalue weighted by molar-refractivity contribution is 7.89. The number of rotatable bonds is 4. The van der Waals surface area contributed by atoms with Gasteiger partial charge in [-0.05, 0) is 54.8 Å². The minimum Gasteiger partial charge on any atom is -0.497 e. The molecule has 0 bridgehead atoms. The second-order valence-corrected chi connectivity index (χ2v) is 7.39. The van der Waals surface area contributed by atoms with Gasteiger partial charge in [-0.25, -0.2) is 12.8 Å². The second kappa shape index (κ2) is 6.29. The third-order valence-corrected chi connectivity index (χ3v) is 6.05. The Hall–Kier alpha value is -1.92. The highest BCUT2D eigenvalue weighted by atomic mass is 32.2. The molecule has 1 aliphatic rings. The van der Waals surface area contributed by atoms with Crippen LogP contribution < -0.4 is 4.74 Å². The lowest BCUT2D eigenvalue weighted by Gasteiger charge is -2.24. The lowest BCUT2D eigenvalue weighted by atomic mass is 10.1. The van der Waals surface area contributed by atoms with Gasteiger partial charge >= 0.3 is 0 Å². The molecule has 1 atom stereocenters. The Bertz CT molecular complexity index is 772. The molecule has 0 unspecified atom stereocenters. The Morgan fingerprint density at radius 1 is 1.09 bits per heavy atom. The summed E-state index contributed by atoms with van der Waals surface area (Å²) in [5, 5.41) is 0. The van der Waals surface area contributed by atoms with Crippen LogP contribution in [0.4, 0.5) is 4.39 Å². The van der Waals surface area contributed by atoms with E-state index in [0.29, 0.717) is 12.3 Å². The molecule has 0 aliphatic carbocycles. The van der Waals surface area contributed by atoms with E-state index in [1.165, 1.54) is 23.5 Å². The molecule has 4 nitrogen and oxygen atoms in total. The zero-order valence-electron chi connectivity index (χ0n) is 12.8. The maximum absolute atomic E-state index is 13.1. The minimum atomic E-state index is -3.59. The molecule has 2 aromatic carbocycles. The van der Waals surface area contributed by atoms with Crippen LogP contribution in [0, 0.1) is 5.82 Å². The van der Waals surface area contributed by atoms with Crippen molar-refractivity contribution in [2.75, 3.05) is 13.7 Å². The second-order valence-electron chi connectivity index (χ2n) is 5.50. The molecule has 0 aromatic heterocycles. The van der Waals surface area contributed by atoms with Crippen molar-refractivity contribution in [2.24, 2.45) is 0 Å². The quantitative estimate of drug-likeness (QED) is 0.861. The van der Waals surface area contributed by atoms with Crippen LogP contribution in [-0.4, -0.2) is 26.4 Å². The number of methoxy groups -OCH3 is 1. The summed E-state index contributed by atoms with van der Waals surface area (Å²) in [4.78, 5) is 0.243. The number of benzene rings is 2. The van der Waals surface area contributed by atoms with E-state index >= 15 is 0 Å². The minimum absolute atomic E-state index is 0.243. The standard InChI is InChI=1S/C17H18FNO3S/c1-22-15-8-10-16(11-9-15)23(20,21)19-12-2-3-17(19)13-4-6-14(18)7-5-13/h4-11,17H,2-3,12H2,1H3/t17-/m0/s1. The van der Waals surface area contributed by atoms with Gasteiger partial charge in [0.1, 0.15) is 11.6 Å². The number of hydrogen-bond acceptors (Lipinski definition) is 3. The van der Waals surface area contributed by atoms with E-state index < -0.39 is 10.0 Å². The van der Waals surface area contributed by atoms with Crippen LogP contribution in [0.3, 0.4) is 0 Å². The van der Waals surface area contributed by atoms with Crippen molar-refractivity contribution < 1.29 is 17.5 Å². The Kier molecular flexibility index (Phi) is 4.37. The molecule has 1 saturated heterocycles. The first kappa shape index (κ1) is 16.0. The molecule has 0 saturated carbocycles. The molecule has 3 rings (SSSR count). The molecule has 6 heteroatoms. The summed E-state index contributed by atoms with van der Waals surface area (Å²) in [5.74, 6) is 0.289. The first-order valence-electron chi connectivity index (χ1n) is 7.44. The Morgan fingerprint density at radius 2 is 1.74 bits per heavy atom. The average Bonchev–Trinajstić information content (AvgIpc) is 3.06. The third-order valence-electron chi connectivity index (χ3n) is 4.12. The molecule has 0 amide bonds. The SMILES string of the molecule is COc1ccc(S(=O)(=O)N2CCC[C@H]2c2ccc(F)cc2)cc1. The van der Waals surface area contributed by atoms with Crippen molar-refractivity contribution in [3.05, 3.63) is 59.9 Å². The average molecular weight is 335 g/mol. The number of nitrogens with zero attached hydrogens (tertiary/aromatic N) is 1. The van der Waals surface area contributed by atoms with Gasteiger partial charge in [0.05, 0.1) is 18.0 Å². The van der Waals surface area contributed by atoms with Crippen molar-refractivity contribution >= 4 is 10.0 Å². The summed E-state index contributed by atoms with van der Waals surface area (Å²) in [5.41, 5.74) is 0.820. The Balaban J connectivity index is 1.92. The first-order chi connectivity index (χ1) is 11.0. The zero-order chi connectivity index (χ0) is 16.4. The molecular formula is C17H18FNO3S. The summed E-state index contributed by atoms with van der Waals surface area (Å²) < 4.78 is 45.5. The van der Waals surface area contributed by atoms with Crippen LogP contribution in [-0.2, 0) is 10.0 Å². The van der Waals surface area contributed by atoms with E-state index in [9.17, 15) is 12.8 Å². The van der Waals surface area contributed by atoms with Crippen LogP contribution in [0.25, 0.3) is 0 Å². The number of hydrogen-bond donors (Lipinski definition) is 0. The third kappa shape index (κ3) is 3.09. The van der Waals surface area contributed by atoms with E-state index in [4.69, 9.17) is 4.74 Å². The van der Waals surface area contributed by atoms with Crippen molar-refractivity contribution in [2.45, 2.75) is 23.8 Å². The predicted octanol–water partition coefficient (Wildman–Crippen LogP) is 3.36. The topological polar surface area (TPSA) is 46.6 Å². The monoisotopic (exact) mass is 335 g/mol. The maximum atomic E-state index is 13.1. The number of halogens is 1. The lowest BCUT2D eigenvalue weighted by Crippen LogP contribution is -2.30. The van der Waals surface area contributed by atoms with E-state index in [-0.39, 0.29) is 16.8 Å². The van der Waals surface area contributed by atoms with Crippen LogP contribution >= 0.6 is 0 Å². The molecular weight excluding hydrogens is 317 g/mol. The van der Waals surface area contributed by atoms with Gasteiger partial charge in [-0.15, -0.1) is 0 Å². The van der Waals surface area contributed by atoms with Crippen molar-refractivity contribution in [3.63, 3.8) is 0 Å². The van der Waals surface area contributed by atoms with Gasteiger partial charge in [-0.2, -0.15) is 4.31 Å². The van der Waals surface area contributed by atoms with Crippen molar-refractivity contribution in [1.82, 2.24) is 4.31 Å². The van der Waals surface area contributed by atoms with E-state index in [0.717, 1.165) is 18.4 Å². The fourth-order valence-corrected chi connectivity index (χ4v) is 4.61. The molecule has 2 aromatic rings. The molecule has 23 heavy (non-hydrogen) atoms. The van der Waals surface area contributed by atoms with Crippen LogP contribution in [0.15, 0.2) is 53.4 Å². The van der Waals surface area contributed by atoms with E-state index in [1.807, 2.05) is 0 Å². The van der Waals surface area contributed by atoms with Gasteiger partial charge in [0.2, 0.25) is 10.0 Å². The van der Waals surface area contributed by atoms with Gasteiger partial charge in [-0.3, -0.25) is 0 Å². The summed E-state index contributed by atoms with van der Waals surface area (Å²) >= 11 is 0. The fraction of sp³-hybridized carbons (Fsp3) is 0.294. The highest BCUT2D eigenvalue weighted by Crippen LogP contribution is 2.36. The maximum Gasteiger partial charge on any atom is 0.243 e. The highest BCUT2D eigenvalue weighted by Gasteiger charge is 2.36. The molecule has 1 aliphatic heterocycles. The summed E-state index contributed by atoms with van der Waals surface area (Å²) in [7, 11) is -2.05. The smallest absolute Gasteiger partial charge is 0.243 e. The van der Waals surface area contributed by atoms with Gasteiger partial charge in [0.15, 0.2) is 0 Å². The van der Waals surface area contributed by atoms with Crippen molar-refractivity contribution in [1.29, 1.82) is 0 Å².